The molecule has 8 nitrogen and oxygen atoms in total. The zero-order valence-corrected chi connectivity index (χ0v) is 27.7. The van der Waals surface area contributed by atoms with E-state index in [0.717, 1.165) is 45.0 Å². The van der Waals surface area contributed by atoms with Gasteiger partial charge in [0.2, 0.25) is 0 Å². The Hall–Kier alpha value is -4.96. The maximum atomic E-state index is 4.50. The molecular formula is C37H24N8Pd2. The van der Waals surface area contributed by atoms with Crippen LogP contribution in [0.4, 0.5) is 0 Å². The maximum Gasteiger partial charge on any atom is 2.00 e. The van der Waals surface area contributed by atoms with Crippen LogP contribution in [0.3, 0.4) is 0 Å². The number of nitrogens with zero attached hydrogens (tertiary/aromatic N) is 8. The van der Waals surface area contributed by atoms with E-state index in [1.54, 1.807) is 24.8 Å². The topological polar surface area (TPSA) is 71.3 Å². The first-order valence-electron chi connectivity index (χ1n) is 14.4. The van der Waals surface area contributed by atoms with Crippen LogP contribution >= 0.6 is 0 Å². The predicted octanol–water partition coefficient (Wildman–Crippen LogP) is 6.01. The van der Waals surface area contributed by atoms with Gasteiger partial charge in [-0.15, -0.1) is 46.5 Å². The Morgan fingerprint density at radius 1 is 0.362 bits per heavy atom. The van der Waals surface area contributed by atoms with E-state index in [4.69, 9.17) is 0 Å². The molecule has 0 aliphatic rings. The predicted molar refractivity (Wildman–Crippen MR) is 169 cm³/mol. The van der Waals surface area contributed by atoms with Crippen molar-refractivity contribution >= 4 is 0 Å². The average Bonchev–Trinajstić information content (AvgIpc) is 3.95. The van der Waals surface area contributed by atoms with E-state index in [0.29, 0.717) is 0 Å². The molecule has 0 aliphatic heterocycles. The second kappa shape index (κ2) is 13.8. The maximum absolute atomic E-state index is 4.50. The first kappa shape index (κ1) is 32.0. The number of benzene rings is 4. The third-order valence-corrected chi connectivity index (χ3v) is 7.74. The van der Waals surface area contributed by atoms with Gasteiger partial charge in [0.05, 0.1) is 0 Å². The number of aromatic nitrogens is 8. The van der Waals surface area contributed by atoms with Gasteiger partial charge in [0, 0.05) is 49.6 Å². The molecule has 8 rings (SSSR count). The molecule has 232 valence electrons. The third-order valence-electron chi connectivity index (χ3n) is 7.74. The second-order valence-electron chi connectivity index (χ2n) is 10.4. The molecule has 4 heterocycles. The van der Waals surface area contributed by atoms with Crippen molar-refractivity contribution in [2.45, 2.75) is 5.41 Å². The SMILES string of the molecule is [Pd+2].[Pd+2].[c-]1c(-n2cccn2)cccc1C(c1[c-]c(-n2cccn2)ccc1)(c1[c-]c(-n2cccn2)ccc1)c1[c-]c(-n2cccn2)ccc1. The van der Waals surface area contributed by atoms with Gasteiger partial charge >= 0.3 is 40.8 Å². The molecule has 0 bridgehead atoms. The van der Waals surface area contributed by atoms with Crippen LogP contribution in [0.25, 0.3) is 22.7 Å². The van der Waals surface area contributed by atoms with Crippen LogP contribution in [0, 0.1) is 24.3 Å². The van der Waals surface area contributed by atoms with E-state index in [1.807, 2.05) is 116 Å². The fraction of sp³-hybridized carbons (Fsp3) is 0.0270. The van der Waals surface area contributed by atoms with Gasteiger partial charge in [-0.3, -0.25) is 18.7 Å². The fourth-order valence-corrected chi connectivity index (χ4v) is 5.75. The standard InChI is InChI=1S/C37H24N8.2Pd/c1-9-29(25-33(13-1)42-21-5-17-38-42)37(30-10-2-14-34(26-30)43-22-6-18-39-43,31-11-3-15-35(27-31)44-23-7-19-40-44)32-12-4-16-36(28-32)45-24-8-20-41-45;;/h1-24H;;/q-4;2*+2. The summed E-state index contributed by atoms with van der Waals surface area (Å²) in [5.74, 6) is 0. The van der Waals surface area contributed by atoms with E-state index in [1.165, 1.54) is 0 Å². The van der Waals surface area contributed by atoms with Gasteiger partial charge in [-0.2, -0.15) is 93.2 Å². The molecule has 47 heavy (non-hydrogen) atoms. The van der Waals surface area contributed by atoms with E-state index in [9.17, 15) is 0 Å². The van der Waals surface area contributed by atoms with Crippen LogP contribution < -0.4 is 0 Å². The molecule has 0 amide bonds. The van der Waals surface area contributed by atoms with Crippen molar-refractivity contribution in [1.82, 2.24) is 39.1 Å². The summed E-state index contributed by atoms with van der Waals surface area (Å²) in [5.41, 5.74) is 5.69. The van der Waals surface area contributed by atoms with E-state index in [-0.39, 0.29) is 40.8 Å². The van der Waals surface area contributed by atoms with Crippen LogP contribution in [0.5, 0.6) is 0 Å². The first-order valence-corrected chi connectivity index (χ1v) is 14.4. The molecule has 0 saturated carbocycles. The van der Waals surface area contributed by atoms with Crippen molar-refractivity contribution in [3.63, 3.8) is 0 Å². The Labute approximate surface area is 299 Å². The summed E-state index contributed by atoms with van der Waals surface area (Å²) in [4.78, 5) is 0. The summed E-state index contributed by atoms with van der Waals surface area (Å²) in [7, 11) is 0. The first-order chi connectivity index (χ1) is 22.3. The van der Waals surface area contributed by atoms with Gasteiger partial charge in [0.15, 0.2) is 0 Å². The summed E-state index contributed by atoms with van der Waals surface area (Å²) < 4.78 is 7.25. The molecule has 10 heteroatoms. The summed E-state index contributed by atoms with van der Waals surface area (Å²) in [6.07, 6.45) is 14.7. The van der Waals surface area contributed by atoms with Gasteiger partial charge in [-0.1, -0.05) is 0 Å². The van der Waals surface area contributed by atoms with Crippen molar-refractivity contribution < 1.29 is 40.8 Å². The summed E-state index contributed by atoms with van der Waals surface area (Å²) in [6.45, 7) is 0. The van der Waals surface area contributed by atoms with Crippen LogP contribution in [0.15, 0.2) is 147 Å². The van der Waals surface area contributed by atoms with Crippen LogP contribution in [0.1, 0.15) is 22.3 Å². The minimum Gasteiger partial charge on any atom is -0.266 e. The molecule has 0 N–H and O–H groups in total. The molecule has 4 aromatic carbocycles. The fourth-order valence-electron chi connectivity index (χ4n) is 5.75. The van der Waals surface area contributed by atoms with Crippen molar-refractivity contribution in [3.05, 3.63) is 193 Å². The molecule has 0 fully saturated rings. The van der Waals surface area contributed by atoms with Gasteiger partial charge in [0.25, 0.3) is 0 Å². The van der Waals surface area contributed by atoms with Crippen molar-refractivity contribution in [1.29, 1.82) is 0 Å². The monoisotopic (exact) mass is 792 g/mol. The third kappa shape index (κ3) is 5.89. The molecule has 0 radical (unpaired) electrons. The smallest absolute Gasteiger partial charge is 0.266 e. The van der Waals surface area contributed by atoms with Gasteiger partial charge in [-0.25, -0.2) is 0 Å². The molecular weight excluding hydrogens is 769 g/mol. The van der Waals surface area contributed by atoms with Gasteiger partial charge in [-0.05, 0) is 52.4 Å². The Morgan fingerprint density at radius 2 is 0.617 bits per heavy atom. The van der Waals surface area contributed by atoms with Crippen molar-refractivity contribution in [3.8, 4) is 22.7 Å². The molecule has 0 aliphatic carbocycles. The molecule has 0 spiro atoms. The van der Waals surface area contributed by atoms with Crippen LogP contribution in [-0.4, -0.2) is 39.1 Å². The Bertz CT molecular complexity index is 1860. The zero-order chi connectivity index (χ0) is 30.1. The number of rotatable bonds is 8. The normalized spacial score (nSPS) is 11.1. The van der Waals surface area contributed by atoms with Gasteiger partial charge in [0.1, 0.15) is 0 Å². The average molecular weight is 793 g/mol. The largest absolute Gasteiger partial charge is 2.00 e. The summed E-state index contributed by atoms with van der Waals surface area (Å²) in [5, 5.41) is 18.0. The molecule has 0 atom stereocenters. The second-order valence-corrected chi connectivity index (χ2v) is 10.4. The minimum absolute atomic E-state index is 0. The minimum atomic E-state index is -0.987. The quantitative estimate of drug-likeness (QED) is 0.108. The zero-order valence-electron chi connectivity index (χ0n) is 24.6. The molecule has 0 unspecified atom stereocenters. The summed E-state index contributed by atoms with van der Waals surface area (Å²) >= 11 is 0. The molecule has 4 aromatic heterocycles. The summed E-state index contributed by atoms with van der Waals surface area (Å²) in [6, 6.07) is 47.0. The molecule has 8 aromatic rings. The van der Waals surface area contributed by atoms with Crippen molar-refractivity contribution in [2.75, 3.05) is 0 Å². The van der Waals surface area contributed by atoms with E-state index < -0.39 is 5.41 Å². The van der Waals surface area contributed by atoms with Crippen LogP contribution in [-0.2, 0) is 46.3 Å². The van der Waals surface area contributed by atoms with Crippen LogP contribution in [0.2, 0.25) is 0 Å². The Morgan fingerprint density at radius 3 is 0.830 bits per heavy atom. The number of hydrogen-bond donors (Lipinski definition) is 0. The molecule has 0 saturated heterocycles. The number of hydrogen-bond acceptors (Lipinski definition) is 4. The Kier molecular flexibility index (Phi) is 9.40. The van der Waals surface area contributed by atoms with Gasteiger partial charge < -0.3 is 0 Å². The van der Waals surface area contributed by atoms with Crippen molar-refractivity contribution in [2.24, 2.45) is 0 Å². The Balaban J connectivity index is 0.00000193. The van der Waals surface area contributed by atoms with E-state index >= 15 is 0 Å². The van der Waals surface area contributed by atoms with E-state index in [2.05, 4.69) is 68.9 Å².